The van der Waals surface area contributed by atoms with E-state index >= 15 is 0 Å². The molecule has 6 heteroatoms. The average molecular weight is 695 g/mol. The maximum atomic E-state index is 13.2. The predicted molar refractivity (Wildman–Crippen MR) is 173 cm³/mol. The maximum absolute atomic E-state index is 13.2. The number of likely N-dealkylation sites (N-methyl/N-ethyl adjacent to an activating group) is 1. The van der Waals surface area contributed by atoms with E-state index in [4.69, 9.17) is 9.47 Å². The first kappa shape index (κ1) is 34.4. The van der Waals surface area contributed by atoms with Gasteiger partial charge in [-0.2, -0.15) is 0 Å². The number of halogens is 1. The molecule has 0 radical (unpaired) electrons. The van der Waals surface area contributed by atoms with E-state index in [9.17, 15) is 4.79 Å². The summed E-state index contributed by atoms with van der Waals surface area (Å²) in [6.07, 6.45) is 7.43. The molecule has 1 atom stereocenters. The molecule has 43 heavy (non-hydrogen) atoms. The van der Waals surface area contributed by atoms with E-state index in [-0.39, 0.29) is 35.9 Å². The van der Waals surface area contributed by atoms with Crippen LogP contribution in [0.15, 0.2) is 97.1 Å². The highest BCUT2D eigenvalue weighted by molar-refractivity contribution is 5.87. The number of hydrogen-bond donors (Lipinski definition) is 1. The second-order valence-corrected chi connectivity index (χ2v) is 12.0. The molecule has 0 aliphatic carbocycles. The number of quaternary nitrogens is 1. The average Bonchev–Trinajstić information content (AvgIpc) is 3.00. The van der Waals surface area contributed by atoms with E-state index in [1.807, 2.05) is 42.5 Å². The molecule has 0 saturated carbocycles. The number of rotatable bonds is 17. The molecule has 0 aromatic heterocycles. The maximum Gasteiger partial charge on any atom is 0.278 e. The second kappa shape index (κ2) is 17.9. The van der Waals surface area contributed by atoms with Gasteiger partial charge < -0.3 is 43.3 Å². The number of ether oxygens (including phenoxy) is 2. The smallest absolute Gasteiger partial charge is 0.278 e. The van der Waals surface area contributed by atoms with E-state index in [0.717, 1.165) is 62.3 Å². The molecule has 0 saturated heterocycles. The van der Waals surface area contributed by atoms with Gasteiger partial charge in [0.2, 0.25) is 0 Å². The molecule has 1 unspecified atom stereocenters. The van der Waals surface area contributed by atoms with Gasteiger partial charge in [0.1, 0.15) is 18.1 Å². The van der Waals surface area contributed by atoms with Crippen LogP contribution in [-0.4, -0.2) is 50.7 Å². The first-order chi connectivity index (χ1) is 20.4. The molecule has 230 valence electrons. The first-order valence-electron chi connectivity index (χ1n) is 15.4. The zero-order valence-corrected chi connectivity index (χ0v) is 28.1. The fourth-order valence-electron chi connectivity index (χ4n) is 5.22. The Morgan fingerprint density at radius 1 is 0.698 bits per heavy atom. The van der Waals surface area contributed by atoms with Crippen LogP contribution < -0.4 is 38.8 Å². The third-order valence-corrected chi connectivity index (χ3v) is 7.74. The van der Waals surface area contributed by atoms with Crippen molar-refractivity contribution in [2.24, 2.45) is 0 Å². The SMILES string of the molecule is C[N+](C)(C)C(Cc1cccc2ccccc12)C(=O)NCCCCCCCCOc1ccc(OCc2ccccc2)cc1.[I-]. The van der Waals surface area contributed by atoms with Crippen LogP contribution in [0, 0.1) is 0 Å². The van der Waals surface area contributed by atoms with Gasteiger partial charge in [-0.15, -0.1) is 0 Å². The summed E-state index contributed by atoms with van der Waals surface area (Å²) in [5.41, 5.74) is 2.39. The van der Waals surface area contributed by atoms with Crippen LogP contribution in [0.4, 0.5) is 0 Å². The standard InChI is InChI=1S/C37H46N2O3.HI/c1-39(2,3)36(28-32-20-15-19-31-18-11-12-21-35(31)32)37(40)38-26-13-6-4-5-7-14-27-41-33-22-24-34(25-23-33)42-29-30-16-9-8-10-17-30;/h8-12,15-25,36H,4-7,13-14,26-29H2,1-3H3;1H. The lowest BCUT2D eigenvalue weighted by Gasteiger charge is -2.33. The van der Waals surface area contributed by atoms with Crippen molar-refractivity contribution in [1.29, 1.82) is 0 Å². The topological polar surface area (TPSA) is 47.6 Å². The zero-order chi connectivity index (χ0) is 29.6. The quantitative estimate of drug-likeness (QED) is 0.100. The van der Waals surface area contributed by atoms with Crippen molar-refractivity contribution < 1.29 is 42.7 Å². The number of hydrogen-bond acceptors (Lipinski definition) is 3. The van der Waals surface area contributed by atoms with E-state index in [2.05, 4.69) is 81.1 Å². The summed E-state index contributed by atoms with van der Waals surface area (Å²) in [5.74, 6) is 1.87. The third-order valence-electron chi connectivity index (χ3n) is 7.74. The van der Waals surface area contributed by atoms with Gasteiger partial charge in [0, 0.05) is 13.0 Å². The summed E-state index contributed by atoms with van der Waals surface area (Å²) in [6, 6.07) is 32.7. The van der Waals surface area contributed by atoms with Gasteiger partial charge in [0.05, 0.1) is 27.7 Å². The van der Waals surface area contributed by atoms with E-state index < -0.39 is 0 Å². The van der Waals surface area contributed by atoms with Crippen LogP contribution in [0.2, 0.25) is 0 Å². The largest absolute Gasteiger partial charge is 1.00 e. The fourth-order valence-corrected chi connectivity index (χ4v) is 5.22. The van der Waals surface area contributed by atoms with E-state index in [1.165, 1.54) is 29.2 Å². The molecule has 1 N–H and O–H groups in total. The second-order valence-electron chi connectivity index (χ2n) is 12.0. The molecule has 0 heterocycles. The molecular formula is C37H47IN2O3. The summed E-state index contributed by atoms with van der Waals surface area (Å²) >= 11 is 0. The Labute approximate surface area is 275 Å². The van der Waals surface area contributed by atoms with Gasteiger partial charge >= 0.3 is 0 Å². The molecule has 4 aromatic carbocycles. The van der Waals surface area contributed by atoms with Gasteiger partial charge in [-0.25, -0.2) is 0 Å². The van der Waals surface area contributed by atoms with Gasteiger partial charge in [-0.1, -0.05) is 98.5 Å². The van der Waals surface area contributed by atoms with Crippen LogP contribution in [-0.2, 0) is 17.8 Å². The number of nitrogens with one attached hydrogen (secondary N) is 1. The molecule has 4 aromatic rings. The Balaban J connectivity index is 0.00000506. The lowest BCUT2D eigenvalue weighted by molar-refractivity contribution is -0.886. The minimum atomic E-state index is -0.131. The molecule has 0 aliphatic heterocycles. The number of nitrogens with zero attached hydrogens (tertiary/aromatic N) is 1. The zero-order valence-electron chi connectivity index (χ0n) is 25.9. The molecule has 0 aliphatic rings. The number of carbonyl (C=O) groups is 1. The van der Waals surface area contributed by atoms with E-state index in [0.29, 0.717) is 11.1 Å². The molecular weight excluding hydrogens is 647 g/mol. The highest BCUT2D eigenvalue weighted by Crippen LogP contribution is 2.22. The Bertz CT molecular complexity index is 1370. The van der Waals surface area contributed by atoms with Gasteiger partial charge in [0.15, 0.2) is 6.04 Å². The van der Waals surface area contributed by atoms with Crippen molar-refractivity contribution in [3.63, 3.8) is 0 Å². The minimum Gasteiger partial charge on any atom is -1.00 e. The van der Waals surface area contributed by atoms with Crippen LogP contribution >= 0.6 is 0 Å². The summed E-state index contributed by atoms with van der Waals surface area (Å²) in [6.45, 7) is 2.03. The molecule has 0 bridgehead atoms. The first-order valence-corrected chi connectivity index (χ1v) is 15.4. The van der Waals surface area contributed by atoms with Crippen molar-refractivity contribution in [2.75, 3.05) is 34.3 Å². The van der Waals surface area contributed by atoms with Crippen LogP contribution in [0.5, 0.6) is 11.5 Å². The van der Waals surface area contributed by atoms with Crippen molar-refractivity contribution >= 4 is 16.7 Å². The summed E-state index contributed by atoms with van der Waals surface area (Å²) < 4.78 is 12.4. The van der Waals surface area contributed by atoms with Crippen LogP contribution in [0.3, 0.4) is 0 Å². The van der Waals surface area contributed by atoms with Crippen LogP contribution in [0.1, 0.15) is 49.7 Å². The molecule has 4 rings (SSSR count). The number of benzene rings is 4. The third kappa shape index (κ3) is 11.5. The highest BCUT2D eigenvalue weighted by Gasteiger charge is 2.31. The lowest BCUT2D eigenvalue weighted by Crippen LogP contribution is -3.00. The van der Waals surface area contributed by atoms with E-state index in [1.54, 1.807) is 0 Å². The predicted octanol–water partition coefficient (Wildman–Crippen LogP) is 4.58. The van der Waals surface area contributed by atoms with Crippen molar-refractivity contribution in [2.45, 2.75) is 57.6 Å². The van der Waals surface area contributed by atoms with Gasteiger partial charge in [-0.3, -0.25) is 4.79 Å². The summed E-state index contributed by atoms with van der Waals surface area (Å²) in [7, 11) is 6.32. The Kier molecular flexibility index (Phi) is 14.3. The molecule has 5 nitrogen and oxygen atoms in total. The summed E-state index contributed by atoms with van der Waals surface area (Å²) in [4.78, 5) is 13.2. The fraction of sp³-hybridized carbons (Fsp3) is 0.378. The Morgan fingerprint density at radius 3 is 2.02 bits per heavy atom. The van der Waals surface area contributed by atoms with Crippen molar-refractivity contribution in [3.8, 4) is 11.5 Å². The molecule has 0 fully saturated rings. The highest BCUT2D eigenvalue weighted by atomic mass is 127. The van der Waals surface area contributed by atoms with Crippen LogP contribution in [0.25, 0.3) is 10.8 Å². The van der Waals surface area contributed by atoms with Crippen molar-refractivity contribution in [1.82, 2.24) is 5.32 Å². The molecule has 0 spiro atoms. The Hall–Kier alpha value is -3.10. The number of amides is 1. The number of fused-ring (bicyclic) bond motifs is 1. The van der Waals surface area contributed by atoms with Gasteiger partial charge in [0.25, 0.3) is 5.91 Å². The van der Waals surface area contributed by atoms with Crippen molar-refractivity contribution in [3.05, 3.63) is 108 Å². The normalized spacial score (nSPS) is 11.9. The summed E-state index contributed by atoms with van der Waals surface area (Å²) in [5, 5.41) is 5.68. The lowest BCUT2D eigenvalue weighted by atomic mass is 9.97. The number of carbonyl (C=O) groups excluding carboxylic acids is 1. The number of unbranched alkanes of at least 4 members (excludes halogenated alkanes) is 5. The Morgan fingerprint density at radius 2 is 1.30 bits per heavy atom. The van der Waals surface area contributed by atoms with Gasteiger partial charge in [-0.05, 0) is 59.0 Å². The molecule has 1 amide bonds. The minimum absolute atomic E-state index is 0. The monoisotopic (exact) mass is 694 g/mol.